The van der Waals surface area contributed by atoms with Gasteiger partial charge in [0.15, 0.2) is 0 Å². The summed E-state index contributed by atoms with van der Waals surface area (Å²) >= 11 is 0. The number of aryl methyl sites for hydroxylation is 1. The first-order valence-electron chi connectivity index (χ1n) is 5.72. The Morgan fingerprint density at radius 3 is 2.94 bits per heavy atom. The maximum absolute atomic E-state index is 11.7. The molecule has 0 radical (unpaired) electrons. The predicted octanol–water partition coefficient (Wildman–Crippen LogP) is 2.36. The summed E-state index contributed by atoms with van der Waals surface area (Å²) in [6.07, 6.45) is 1.69. The van der Waals surface area contributed by atoms with Crippen molar-refractivity contribution in [1.29, 1.82) is 0 Å². The molecule has 0 spiro atoms. The van der Waals surface area contributed by atoms with Crippen LogP contribution in [0.4, 0.5) is 5.69 Å². The van der Waals surface area contributed by atoms with Crippen LogP contribution >= 0.6 is 0 Å². The van der Waals surface area contributed by atoms with Crippen molar-refractivity contribution in [3.8, 4) is 0 Å². The first kappa shape index (κ1) is 11.0. The Labute approximate surface area is 95.8 Å². The lowest BCUT2D eigenvalue weighted by molar-refractivity contribution is -0.148. The molecule has 0 fully saturated rings. The van der Waals surface area contributed by atoms with Gasteiger partial charge in [-0.05, 0) is 38.3 Å². The second-order valence-corrected chi connectivity index (χ2v) is 4.38. The maximum atomic E-state index is 11.7. The Morgan fingerprint density at radius 2 is 2.19 bits per heavy atom. The van der Waals surface area contributed by atoms with Gasteiger partial charge in [0.1, 0.15) is 6.04 Å². The zero-order valence-corrected chi connectivity index (χ0v) is 9.69. The average Bonchev–Trinajstić information content (AvgIpc) is 2.27. The van der Waals surface area contributed by atoms with Crippen LogP contribution in [0.25, 0.3) is 0 Å². The molecule has 0 saturated carbocycles. The molecule has 3 heteroatoms. The van der Waals surface area contributed by atoms with Gasteiger partial charge < -0.3 is 10.1 Å². The lowest BCUT2D eigenvalue weighted by atomic mass is 9.98. The Morgan fingerprint density at radius 1 is 1.44 bits per heavy atom. The summed E-state index contributed by atoms with van der Waals surface area (Å²) in [5, 5.41) is 3.23. The fraction of sp³-hybridized carbons (Fsp3) is 0.462. The Kier molecular flexibility index (Phi) is 3.13. The number of ether oxygens (including phenoxy) is 1. The molecule has 0 aliphatic carbocycles. The Bertz CT molecular complexity index is 387. The molecule has 1 aromatic carbocycles. The van der Waals surface area contributed by atoms with Crippen molar-refractivity contribution in [2.24, 2.45) is 0 Å². The predicted molar refractivity (Wildman–Crippen MR) is 63.4 cm³/mol. The van der Waals surface area contributed by atoms with Crippen LogP contribution in [0.5, 0.6) is 0 Å². The molecule has 0 aromatic heterocycles. The number of para-hydroxylation sites is 1. The molecular weight excluding hydrogens is 202 g/mol. The van der Waals surface area contributed by atoms with Gasteiger partial charge in [-0.15, -0.1) is 0 Å². The third-order valence-corrected chi connectivity index (χ3v) is 2.69. The number of carbonyl (C=O) groups excluding carboxylic acids is 1. The van der Waals surface area contributed by atoms with E-state index in [1.165, 1.54) is 5.56 Å². The number of nitrogens with one attached hydrogen (secondary N) is 1. The zero-order chi connectivity index (χ0) is 11.5. The standard InChI is InChI=1S/C13H17NO2/c1-9(2)16-13(15)12-8-7-10-5-3-4-6-11(10)14-12/h3-6,9,12,14H,7-8H2,1-2H3. The molecule has 1 aliphatic heterocycles. The van der Waals surface area contributed by atoms with Crippen molar-refractivity contribution in [3.05, 3.63) is 29.8 Å². The van der Waals surface area contributed by atoms with Crippen LogP contribution in [-0.2, 0) is 16.0 Å². The van der Waals surface area contributed by atoms with E-state index < -0.39 is 0 Å². The van der Waals surface area contributed by atoms with E-state index in [0.717, 1.165) is 18.5 Å². The molecule has 1 heterocycles. The SMILES string of the molecule is CC(C)OC(=O)C1CCc2ccccc2N1. The van der Waals surface area contributed by atoms with Gasteiger partial charge in [-0.25, -0.2) is 4.79 Å². The van der Waals surface area contributed by atoms with E-state index in [4.69, 9.17) is 4.74 Å². The minimum atomic E-state index is -0.197. The quantitative estimate of drug-likeness (QED) is 0.776. The lowest BCUT2D eigenvalue weighted by Crippen LogP contribution is -2.36. The Balaban J connectivity index is 2.05. The summed E-state index contributed by atoms with van der Waals surface area (Å²) in [5.74, 6) is -0.149. The summed E-state index contributed by atoms with van der Waals surface area (Å²) in [4.78, 5) is 11.7. The van der Waals surface area contributed by atoms with Gasteiger partial charge in [-0.2, -0.15) is 0 Å². The number of fused-ring (bicyclic) bond motifs is 1. The molecule has 1 aliphatic rings. The number of hydrogen-bond acceptors (Lipinski definition) is 3. The summed E-state index contributed by atoms with van der Waals surface area (Å²) in [6.45, 7) is 3.74. The van der Waals surface area contributed by atoms with Crippen LogP contribution in [0, 0.1) is 0 Å². The minimum Gasteiger partial charge on any atom is -0.461 e. The maximum Gasteiger partial charge on any atom is 0.328 e. The smallest absolute Gasteiger partial charge is 0.328 e. The van der Waals surface area contributed by atoms with Crippen molar-refractivity contribution in [2.75, 3.05) is 5.32 Å². The van der Waals surface area contributed by atoms with Crippen LogP contribution in [0.15, 0.2) is 24.3 Å². The highest BCUT2D eigenvalue weighted by Gasteiger charge is 2.25. The number of carbonyl (C=O) groups is 1. The molecule has 0 bridgehead atoms. The second-order valence-electron chi connectivity index (χ2n) is 4.38. The molecule has 0 amide bonds. The van der Waals surface area contributed by atoms with Crippen molar-refractivity contribution < 1.29 is 9.53 Å². The number of esters is 1. The van der Waals surface area contributed by atoms with Crippen LogP contribution in [0.3, 0.4) is 0 Å². The van der Waals surface area contributed by atoms with Gasteiger partial charge >= 0.3 is 5.97 Å². The molecular formula is C13H17NO2. The van der Waals surface area contributed by atoms with Gasteiger partial charge in [-0.3, -0.25) is 0 Å². The van der Waals surface area contributed by atoms with E-state index in [1.54, 1.807) is 0 Å². The average molecular weight is 219 g/mol. The van der Waals surface area contributed by atoms with Crippen molar-refractivity contribution >= 4 is 11.7 Å². The minimum absolute atomic E-state index is 0.0496. The molecule has 2 rings (SSSR count). The lowest BCUT2D eigenvalue weighted by Gasteiger charge is -2.26. The van der Waals surface area contributed by atoms with Crippen LogP contribution in [0.2, 0.25) is 0 Å². The fourth-order valence-corrected chi connectivity index (χ4v) is 1.93. The van der Waals surface area contributed by atoms with Gasteiger partial charge in [0, 0.05) is 5.69 Å². The number of benzene rings is 1. The van der Waals surface area contributed by atoms with E-state index in [2.05, 4.69) is 11.4 Å². The molecule has 1 aromatic rings. The molecule has 0 saturated heterocycles. The van der Waals surface area contributed by atoms with Gasteiger partial charge in [-0.1, -0.05) is 18.2 Å². The Hall–Kier alpha value is -1.51. The van der Waals surface area contributed by atoms with Crippen LogP contribution < -0.4 is 5.32 Å². The van der Waals surface area contributed by atoms with Gasteiger partial charge in [0.05, 0.1) is 6.10 Å². The van der Waals surface area contributed by atoms with Crippen molar-refractivity contribution in [1.82, 2.24) is 0 Å². The second kappa shape index (κ2) is 4.56. The summed E-state index contributed by atoms with van der Waals surface area (Å²) in [6, 6.07) is 7.89. The van der Waals surface area contributed by atoms with E-state index in [9.17, 15) is 4.79 Å². The molecule has 1 unspecified atom stereocenters. The van der Waals surface area contributed by atoms with E-state index in [0.29, 0.717) is 0 Å². The first-order chi connectivity index (χ1) is 7.66. The van der Waals surface area contributed by atoms with Crippen LogP contribution in [-0.4, -0.2) is 18.1 Å². The van der Waals surface area contributed by atoms with E-state index >= 15 is 0 Å². The number of anilines is 1. The topological polar surface area (TPSA) is 38.3 Å². The largest absolute Gasteiger partial charge is 0.461 e. The number of hydrogen-bond donors (Lipinski definition) is 1. The molecule has 86 valence electrons. The normalized spacial score (nSPS) is 18.8. The molecule has 3 nitrogen and oxygen atoms in total. The van der Waals surface area contributed by atoms with Gasteiger partial charge in [0.25, 0.3) is 0 Å². The third-order valence-electron chi connectivity index (χ3n) is 2.69. The summed E-state index contributed by atoms with van der Waals surface area (Å²) in [5.41, 5.74) is 2.33. The van der Waals surface area contributed by atoms with Crippen molar-refractivity contribution in [3.63, 3.8) is 0 Å². The van der Waals surface area contributed by atoms with Gasteiger partial charge in [0.2, 0.25) is 0 Å². The highest BCUT2D eigenvalue weighted by Crippen LogP contribution is 2.24. The summed E-state index contributed by atoms with van der Waals surface area (Å²) < 4.78 is 5.20. The monoisotopic (exact) mass is 219 g/mol. The number of rotatable bonds is 2. The van der Waals surface area contributed by atoms with E-state index in [-0.39, 0.29) is 18.1 Å². The third kappa shape index (κ3) is 2.35. The van der Waals surface area contributed by atoms with Crippen molar-refractivity contribution in [2.45, 2.75) is 38.8 Å². The highest BCUT2D eigenvalue weighted by atomic mass is 16.5. The first-order valence-corrected chi connectivity index (χ1v) is 5.72. The molecule has 1 N–H and O–H groups in total. The molecule has 16 heavy (non-hydrogen) atoms. The zero-order valence-electron chi connectivity index (χ0n) is 9.69. The van der Waals surface area contributed by atoms with Crippen LogP contribution in [0.1, 0.15) is 25.8 Å². The van der Waals surface area contributed by atoms with E-state index in [1.807, 2.05) is 32.0 Å². The summed E-state index contributed by atoms with van der Waals surface area (Å²) in [7, 11) is 0. The highest BCUT2D eigenvalue weighted by molar-refractivity contribution is 5.80. The molecule has 1 atom stereocenters. The fourth-order valence-electron chi connectivity index (χ4n) is 1.93.